The van der Waals surface area contributed by atoms with E-state index in [2.05, 4.69) is 15.4 Å². The van der Waals surface area contributed by atoms with Crippen molar-refractivity contribution in [3.8, 4) is 11.6 Å². The largest absolute Gasteiger partial charge is 0.438 e. The van der Waals surface area contributed by atoms with E-state index in [1.807, 2.05) is 0 Å². The van der Waals surface area contributed by atoms with Gasteiger partial charge >= 0.3 is 0 Å². The van der Waals surface area contributed by atoms with E-state index in [0.717, 1.165) is 0 Å². The van der Waals surface area contributed by atoms with Gasteiger partial charge in [-0.3, -0.25) is 0 Å². The number of nitrogens with one attached hydrogen (secondary N) is 1. The van der Waals surface area contributed by atoms with Crippen LogP contribution in [0.2, 0.25) is 0 Å². The van der Waals surface area contributed by atoms with Crippen molar-refractivity contribution >= 4 is 11.8 Å². The lowest BCUT2D eigenvalue weighted by Crippen LogP contribution is -2.10. The van der Waals surface area contributed by atoms with Crippen molar-refractivity contribution in [2.45, 2.75) is 6.92 Å². The first-order valence-corrected chi connectivity index (χ1v) is 5.13. The Labute approximate surface area is 103 Å². The minimum Gasteiger partial charge on any atom is -0.438 e. The third-order valence-electron chi connectivity index (χ3n) is 2.22. The maximum absolute atomic E-state index is 12.9. The summed E-state index contributed by atoms with van der Waals surface area (Å²) in [5, 5.41) is 0. The van der Waals surface area contributed by atoms with Crippen LogP contribution in [0.25, 0.3) is 0 Å². The smallest absolute Gasteiger partial charge is 0.226 e. The molecule has 2 aromatic rings. The molecule has 5 N–H and O–H groups in total. The van der Waals surface area contributed by atoms with Crippen molar-refractivity contribution in [2.75, 3.05) is 11.2 Å². The lowest BCUT2D eigenvalue weighted by atomic mass is 10.2. The number of hydrogen-bond acceptors (Lipinski definition) is 6. The van der Waals surface area contributed by atoms with Crippen molar-refractivity contribution in [3.63, 3.8) is 0 Å². The Balaban J connectivity index is 2.30. The predicted molar refractivity (Wildman–Crippen MR) is 65.5 cm³/mol. The summed E-state index contributed by atoms with van der Waals surface area (Å²) in [7, 11) is 0. The zero-order valence-electron chi connectivity index (χ0n) is 9.64. The molecule has 0 aliphatic heterocycles. The topological polar surface area (TPSA) is 99.1 Å². The van der Waals surface area contributed by atoms with Crippen LogP contribution in [-0.4, -0.2) is 9.97 Å². The van der Waals surface area contributed by atoms with Crippen molar-refractivity contribution in [1.29, 1.82) is 0 Å². The zero-order valence-corrected chi connectivity index (χ0v) is 9.64. The molecule has 0 radical (unpaired) electrons. The number of aryl methyl sites for hydroxylation is 1. The van der Waals surface area contributed by atoms with E-state index >= 15 is 0 Å². The number of anilines is 2. The molecule has 0 bridgehead atoms. The molecule has 0 aliphatic carbocycles. The Kier molecular flexibility index (Phi) is 3.24. The van der Waals surface area contributed by atoms with E-state index in [4.69, 9.17) is 16.3 Å². The summed E-state index contributed by atoms with van der Waals surface area (Å²) in [5.41, 5.74) is 8.49. The molecular weight excluding hydrogens is 237 g/mol. The number of hydrogen-bond donors (Lipinski definition) is 3. The second-order valence-corrected chi connectivity index (χ2v) is 3.61. The zero-order chi connectivity index (χ0) is 13.1. The first kappa shape index (κ1) is 12.1. The van der Waals surface area contributed by atoms with Crippen LogP contribution in [0.3, 0.4) is 0 Å². The van der Waals surface area contributed by atoms with E-state index in [1.165, 1.54) is 24.3 Å². The Bertz CT molecular complexity index is 575. The van der Waals surface area contributed by atoms with E-state index in [1.54, 1.807) is 6.92 Å². The van der Waals surface area contributed by atoms with Crippen LogP contribution >= 0.6 is 0 Å². The van der Waals surface area contributed by atoms with Crippen molar-refractivity contribution in [1.82, 2.24) is 9.97 Å². The van der Waals surface area contributed by atoms with Gasteiger partial charge in [0, 0.05) is 6.07 Å². The van der Waals surface area contributed by atoms with E-state index in [9.17, 15) is 4.39 Å². The molecule has 0 unspecified atom stereocenters. The van der Waals surface area contributed by atoms with Crippen molar-refractivity contribution in [3.05, 3.63) is 35.6 Å². The SMILES string of the molecule is Cc1cc(F)ccc1Oc1cc(NN)nc(N)n1. The van der Waals surface area contributed by atoms with Gasteiger partial charge in [-0.15, -0.1) is 0 Å². The Morgan fingerprint density at radius 3 is 2.72 bits per heavy atom. The highest BCUT2D eigenvalue weighted by atomic mass is 19.1. The number of nitrogens with two attached hydrogens (primary N) is 2. The number of nitrogens with zero attached hydrogens (tertiary/aromatic N) is 2. The fraction of sp³-hybridized carbons (Fsp3) is 0.0909. The molecule has 0 saturated carbocycles. The summed E-state index contributed by atoms with van der Waals surface area (Å²) in [6.45, 7) is 1.73. The highest BCUT2D eigenvalue weighted by Crippen LogP contribution is 2.25. The van der Waals surface area contributed by atoms with Crippen LogP contribution in [0.4, 0.5) is 16.2 Å². The van der Waals surface area contributed by atoms with Gasteiger partial charge in [-0.1, -0.05) is 0 Å². The molecule has 1 heterocycles. The first-order valence-electron chi connectivity index (χ1n) is 5.13. The second kappa shape index (κ2) is 4.84. The summed E-state index contributed by atoms with van der Waals surface area (Å²) in [6.07, 6.45) is 0. The number of aromatic nitrogens is 2. The number of benzene rings is 1. The normalized spacial score (nSPS) is 10.2. The Morgan fingerprint density at radius 2 is 2.06 bits per heavy atom. The maximum atomic E-state index is 12.9. The van der Waals surface area contributed by atoms with Gasteiger partial charge in [-0.25, -0.2) is 10.2 Å². The van der Waals surface area contributed by atoms with Crippen LogP contribution < -0.4 is 21.7 Å². The third-order valence-corrected chi connectivity index (χ3v) is 2.22. The molecule has 0 spiro atoms. The molecule has 0 aliphatic rings. The van der Waals surface area contributed by atoms with Crippen LogP contribution in [0.1, 0.15) is 5.56 Å². The molecule has 1 aromatic carbocycles. The summed E-state index contributed by atoms with van der Waals surface area (Å²) in [6, 6.07) is 5.66. The average Bonchev–Trinajstić information content (AvgIpc) is 2.32. The van der Waals surface area contributed by atoms with E-state index in [-0.39, 0.29) is 17.6 Å². The number of hydrazine groups is 1. The quantitative estimate of drug-likeness (QED) is 0.564. The lowest BCUT2D eigenvalue weighted by Gasteiger charge is -2.09. The van der Waals surface area contributed by atoms with Gasteiger partial charge in [0.1, 0.15) is 17.4 Å². The van der Waals surface area contributed by atoms with Crippen LogP contribution in [0, 0.1) is 12.7 Å². The number of rotatable bonds is 3. The third kappa shape index (κ3) is 2.64. The molecule has 94 valence electrons. The Hall–Kier alpha value is -2.41. The van der Waals surface area contributed by atoms with Gasteiger partial charge in [-0.05, 0) is 30.7 Å². The van der Waals surface area contributed by atoms with Crippen LogP contribution in [-0.2, 0) is 0 Å². The minimum absolute atomic E-state index is 0.0280. The lowest BCUT2D eigenvalue weighted by molar-refractivity contribution is 0.457. The van der Waals surface area contributed by atoms with Crippen LogP contribution in [0.15, 0.2) is 24.3 Å². The molecule has 0 fully saturated rings. The monoisotopic (exact) mass is 249 g/mol. The fourth-order valence-electron chi connectivity index (χ4n) is 1.41. The fourth-order valence-corrected chi connectivity index (χ4v) is 1.41. The molecule has 0 atom stereocenters. The number of nitrogen functional groups attached to an aromatic ring is 2. The molecule has 7 heteroatoms. The molecule has 1 aromatic heterocycles. The molecule has 2 rings (SSSR count). The highest BCUT2D eigenvalue weighted by Gasteiger charge is 2.06. The molecule has 0 amide bonds. The number of halogens is 1. The van der Waals surface area contributed by atoms with Gasteiger partial charge in [0.05, 0.1) is 0 Å². The van der Waals surface area contributed by atoms with Gasteiger partial charge in [-0.2, -0.15) is 9.97 Å². The van der Waals surface area contributed by atoms with Crippen molar-refractivity contribution < 1.29 is 9.13 Å². The maximum Gasteiger partial charge on any atom is 0.226 e. The Morgan fingerprint density at radius 1 is 1.28 bits per heavy atom. The van der Waals surface area contributed by atoms with Gasteiger partial charge in [0.2, 0.25) is 11.8 Å². The summed E-state index contributed by atoms with van der Waals surface area (Å²) < 4.78 is 18.4. The standard InChI is InChI=1S/C11H12FN5O/c1-6-4-7(12)2-3-8(6)18-10-5-9(17-14)15-11(13)16-10/h2-5H,14H2,1H3,(H3,13,15,16,17). The molecular formula is C11H12FN5O. The second-order valence-electron chi connectivity index (χ2n) is 3.61. The average molecular weight is 249 g/mol. The van der Waals surface area contributed by atoms with Gasteiger partial charge in [0.15, 0.2) is 0 Å². The molecule has 0 saturated heterocycles. The van der Waals surface area contributed by atoms with E-state index in [0.29, 0.717) is 17.1 Å². The van der Waals surface area contributed by atoms with Gasteiger partial charge < -0.3 is 15.9 Å². The summed E-state index contributed by atoms with van der Waals surface area (Å²) in [4.78, 5) is 7.72. The van der Waals surface area contributed by atoms with Crippen LogP contribution in [0.5, 0.6) is 11.6 Å². The van der Waals surface area contributed by atoms with Gasteiger partial charge in [0.25, 0.3) is 0 Å². The highest BCUT2D eigenvalue weighted by molar-refractivity contribution is 5.44. The van der Waals surface area contributed by atoms with Crippen molar-refractivity contribution in [2.24, 2.45) is 5.84 Å². The minimum atomic E-state index is -0.327. The molecule has 18 heavy (non-hydrogen) atoms. The predicted octanol–water partition coefficient (Wildman–Crippen LogP) is 1.58. The first-order chi connectivity index (χ1) is 8.58. The van der Waals surface area contributed by atoms with E-state index < -0.39 is 0 Å². The summed E-state index contributed by atoms with van der Waals surface area (Å²) in [5.74, 6) is 5.97. The molecule has 6 nitrogen and oxygen atoms in total. The summed E-state index contributed by atoms with van der Waals surface area (Å²) >= 11 is 0. The number of ether oxygens (including phenoxy) is 1.